The van der Waals surface area contributed by atoms with E-state index in [-0.39, 0.29) is 0 Å². The molecule has 4 nitrogen and oxygen atoms in total. The number of aromatic nitrogens is 3. The van der Waals surface area contributed by atoms with Gasteiger partial charge in [-0.05, 0) is 48.5 Å². The van der Waals surface area contributed by atoms with Crippen LogP contribution < -0.4 is 0 Å². The monoisotopic (exact) mass is 401 g/mol. The van der Waals surface area contributed by atoms with Gasteiger partial charge in [-0.1, -0.05) is 40.0 Å². The highest BCUT2D eigenvalue weighted by Crippen LogP contribution is 2.32. The summed E-state index contributed by atoms with van der Waals surface area (Å²) in [4.78, 5) is 8.85. The minimum absolute atomic E-state index is 0.502. The Morgan fingerprint density at radius 2 is 1.54 bits per heavy atom. The van der Waals surface area contributed by atoms with Gasteiger partial charge in [-0.25, -0.2) is 9.97 Å². The Hall–Kier alpha value is -2.40. The average molecular weight is 403 g/mol. The summed E-state index contributed by atoms with van der Waals surface area (Å²) in [5.74, 6) is 1.09. The van der Waals surface area contributed by atoms with Crippen molar-refractivity contribution >= 4 is 34.8 Å². The second-order valence-electron chi connectivity index (χ2n) is 5.47. The molecule has 2 aromatic carbocycles. The van der Waals surface area contributed by atoms with E-state index in [9.17, 15) is 0 Å². The molecule has 0 saturated carbocycles. The van der Waals surface area contributed by atoms with Crippen LogP contribution in [0.3, 0.4) is 0 Å². The second-order valence-corrected chi connectivity index (χ2v) is 6.75. The zero-order chi connectivity index (χ0) is 18.1. The fourth-order valence-electron chi connectivity index (χ4n) is 2.45. The SMILES string of the molecule is Clc1ccc(-c2nccc(-c3cc(-c4ccc(Cl)cc4Cl)no3)n2)cc1. The molecule has 0 aliphatic carbocycles. The van der Waals surface area contributed by atoms with E-state index >= 15 is 0 Å². The molecule has 0 radical (unpaired) electrons. The highest BCUT2D eigenvalue weighted by atomic mass is 35.5. The third-order valence-corrected chi connectivity index (χ3v) is 4.53. The van der Waals surface area contributed by atoms with E-state index in [4.69, 9.17) is 39.3 Å². The summed E-state index contributed by atoms with van der Waals surface area (Å²) >= 11 is 18.1. The highest BCUT2D eigenvalue weighted by Gasteiger charge is 2.13. The van der Waals surface area contributed by atoms with Crippen LogP contribution in [0, 0.1) is 0 Å². The lowest BCUT2D eigenvalue weighted by Crippen LogP contribution is -1.90. The van der Waals surface area contributed by atoms with Crippen LogP contribution >= 0.6 is 34.8 Å². The van der Waals surface area contributed by atoms with E-state index in [2.05, 4.69) is 15.1 Å². The van der Waals surface area contributed by atoms with Gasteiger partial charge in [0.15, 0.2) is 11.6 Å². The Kier molecular flexibility index (Phi) is 4.64. The molecule has 0 atom stereocenters. The zero-order valence-corrected chi connectivity index (χ0v) is 15.4. The van der Waals surface area contributed by atoms with E-state index in [0.29, 0.717) is 38.0 Å². The van der Waals surface area contributed by atoms with E-state index in [1.54, 1.807) is 48.7 Å². The molecule has 0 fully saturated rings. The topological polar surface area (TPSA) is 51.8 Å². The first-order chi connectivity index (χ1) is 12.6. The van der Waals surface area contributed by atoms with Crippen molar-refractivity contribution in [3.8, 4) is 34.1 Å². The quantitative estimate of drug-likeness (QED) is 0.396. The summed E-state index contributed by atoms with van der Waals surface area (Å²) in [5, 5.41) is 5.81. The molecule has 4 aromatic rings. The molecule has 26 heavy (non-hydrogen) atoms. The van der Waals surface area contributed by atoms with Crippen molar-refractivity contribution in [2.75, 3.05) is 0 Å². The Morgan fingerprint density at radius 1 is 0.769 bits per heavy atom. The molecule has 0 N–H and O–H groups in total. The average Bonchev–Trinajstić information content (AvgIpc) is 3.12. The molecule has 2 aromatic heterocycles. The summed E-state index contributed by atoms with van der Waals surface area (Å²) < 4.78 is 5.45. The maximum atomic E-state index is 6.23. The van der Waals surface area contributed by atoms with E-state index in [1.165, 1.54) is 0 Å². The van der Waals surface area contributed by atoms with Gasteiger partial charge in [-0.3, -0.25) is 0 Å². The van der Waals surface area contributed by atoms with Gasteiger partial charge in [0, 0.05) is 33.4 Å². The molecule has 0 amide bonds. The lowest BCUT2D eigenvalue weighted by atomic mass is 10.1. The molecule has 0 saturated heterocycles. The Morgan fingerprint density at radius 3 is 2.31 bits per heavy atom. The third kappa shape index (κ3) is 3.44. The Balaban J connectivity index is 1.70. The summed E-state index contributed by atoms with van der Waals surface area (Å²) in [7, 11) is 0. The molecule has 4 rings (SSSR count). The number of halogens is 3. The van der Waals surface area contributed by atoms with Crippen LogP contribution in [0.15, 0.2) is 65.3 Å². The molecule has 2 heterocycles. The van der Waals surface area contributed by atoms with Crippen LogP contribution in [0.5, 0.6) is 0 Å². The molecule has 0 aliphatic rings. The largest absolute Gasteiger partial charge is 0.354 e. The van der Waals surface area contributed by atoms with Gasteiger partial charge in [-0.2, -0.15) is 0 Å². The lowest BCUT2D eigenvalue weighted by Gasteiger charge is -2.01. The van der Waals surface area contributed by atoms with Crippen LogP contribution in [0.4, 0.5) is 0 Å². The van der Waals surface area contributed by atoms with E-state index < -0.39 is 0 Å². The summed E-state index contributed by atoms with van der Waals surface area (Å²) in [6, 6.07) is 16.1. The number of nitrogens with zero attached hydrogens (tertiary/aromatic N) is 3. The van der Waals surface area contributed by atoms with Crippen molar-refractivity contribution in [1.29, 1.82) is 0 Å². The van der Waals surface area contributed by atoms with Crippen molar-refractivity contribution in [1.82, 2.24) is 15.1 Å². The minimum atomic E-state index is 0.502. The van der Waals surface area contributed by atoms with Gasteiger partial charge in [0.25, 0.3) is 0 Å². The third-order valence-electron chi connectivity index (χ3n) is 3.73. The molecule has 0 spiro atoms. The van der Waals surface area contributed by atoms with Gasteiger partial charge in [0.1, 0.15) is 11.4 Å². The predicted octanol–water partition coefficient (Wildman–Crippen LogP) is 6.43. The molecule has 0 bridgehead atoms. The normalized spacial score (nSPS) is 10.9. The van der Waals surface area contributed by atoms with Crippen molar-refractivity contribution in [2.45, 2.75) is 0 Å². The van der Waals surface area contributed by atoms with E-state index in [1.807, 2.05) is 12.1 Å². The van der Waals surface area contributed by atoms with Crippen molar-refractivity contribution in [3.05, 3.63) is 75.9 Å². The molecule has 0 unspecified atom stereocenters. The van der Waals surface area contributed by atoms with Crippen molar-refractivity contribution in [3.63, 3.8) is 0 Å². The second kappa shape index (κ2) is 7.08. The molecular weight excluding hydrogens is 393 g/mol. The maximum Gasteiger partial charge on any atom is 0.185 e. The Bertz CT molecular complexity index is 1080. The van der Waals surface area contributed by atoms with Crippen LogP contribution in [0.2, 0.25) is 15.1 Å². The highest BCUT2D eigenvalue weighted by molar-refractivity contribution is 6.36. The fourth-order valence-corrected chi connectivity index (χ4v) is 3.09. The van der Waals surface area contributed by atoms with Gasteiger partial charge < -0.3 is 4.52 Å². The standard InChI is InChI=1S/C19H10Cl3N3O/c20-12-3-1-11(2-4-12)19-23-8-7-16(24-19)18-10-17(25-26-18)14-6-5-13(21)9-15(14)22/h1-10H. The predicted molar refractivity (Wildman–Crippen MR) is 103 cm³/mol. The summed E-state index contributed by atoms with van der Waals surface area (Å²) in [6.45, 7) is 0. The van der Waals surface area contributed by atoms with Crippen LogP contribution in [-0.4, -0.2) is 15.1 Å². The smallest absolute Gasteiger partial charge is 0.185 e. The first-order valence-electron chi connectivity index (χ1n) is 7.62. The van der Waals surface area contributed by atoms with Gasteiger partial charge in [0.05, 0.1) is 5.02 Å². The zero-order valence-electron chi connectivity index (χ0n) is 13.2. The number of rotatable bonds is 3. The molecule has 7 heteroatoms. The van der Waals surface area contributed by atoms with Crippen LogP contribution in [0.25, 0.3) is 34.1 Å². The maximum absolute atomic E-state index is 6.23. The first kappa shape index (κ1) is 17.0. The van der Waals surface area contributed by atoms with Gasteiger partial charge in [0.2, 0.25) is 0 Å². The number of hydrogen-bond acceptors (Lipinski definition) is 4. The van der Waals surface area contributed by atoms with Gasteiger partial charge >= 0.3 is 0 Å². The van der Waals surface area contributed by atoms with Crippen LogP contribution in [-0.2, 0) is 0 Å². The van der Waals surface area contributed by atoms with E-state index in [0.717, 1.165) is 11.1 Å². The molecule has 128 valence electrons. The van der Waals surface area contributed by atoms with Crippen molar-refractivity contribution in [2.24, 2.45) is 0 Å². The number of benzene rings is 2. The number of hydrogen-bond donors (Lipinski definition) is 0. The molecule has 0 aliphatic heterocycles. The summed E-state index contributed by atoms with van der Waals surface area (Å²) in [6.07, 6.45) is 1.67. The minimum Gasteiger partial charge on any atom is -0.354 e. The van der Waals surface area contributed by atoms with Crippen molar-refractivity contribution < 1.29 is 4.52 Å². The fraction of sp³-hybridized carbons (Fsp3) is 0. The lowest BCUT2D eigenvalue weighted by molar-refractivity contribution is 0.433. The first-order valence-corrected chi connectivity index (χ1v) is 8.75. The van der Waals surface area contributed by atoms with Gasteiger partial charge in [-0.15, -0.1) is 0 Å². The molecular formula is C19H10Cl3N3O. The summed E-state index contributed by atoms with van der Waals surface area (Å²) in [5.41, 5.74) is 2.82. The Labute approximate surface area is 164 Å². The van der Waals surface area contributed by atoms with Crippen LogP contribution in [0.1, 0.15) is 0 Å².